The molecule has 0 aliphatic carbocycles. The third kappa shape index (κ3) is 2.67. The number of aromatic nitrogens is 1. The monoisotopic (exact) mass is 309 g/mol. The van der Waals surface area contributed by atoms with E-state index in [1.165, 1.54) is 11.8 Å². The van der Waals surface area contributed by atoms with Crippen LogP contribution in [0.1, 0.15) is 5.69 Å². The number of para-hydroxylation sites is 1. The fourth-order valence-corrected chi connectivity index (χ4v) is 2.85. The Morgan fingerprint density at radius 2 is 2.09 bits per heavy atom. The molecule has 22 heavy (non-hydrogen) atoms. The molecule has 0 bridgehead atoms. The molecular formula is C17H15N3OS. The van der Waals surface area contributed by atoms with Crippen molar-refractivity contribution >= 4 is 39.8 Å². The van der Waals surface area contributed by atoms with E-state index in [4.69, 9.17) is 0 Å². The minimum absolute atomic E-state index is 0.112. The lowest BCUT2D eigenvalue weighted by molar-refractivity contribution is -0.122. The first-order valence-corrected chi connectivity index (χ1v) is 8.08. The molecule has 5 heteroatoms. The molecule has 1 aliphatic rings. The van der Waals surface area contributed by atoms with Crippen molar-refractivity contribution in [1.29, 1.82) is 0 Å². The molecule has 1 aromatic carbocycles. The lowest BCUT2D eigenvalue weighted by atomic mass is 10.2. The third-order valence-corrected chi connectivity index (χ3v) is 3.99. The number of carbonyl (C=O) groups is 1. The van der Waals surface area contributed by atoms with E-state index in [9.17, 15) is 4.79 Å². The first-order chi connectivity index (χ1) is 10.7. The highest BCUT2D eigenvalue weighted by Gasteiger charge is 2.28. The predicted octanol–water partition coefficient (Wildman–Crippen LogP) is 3.32. The van der Waals surface area contributed by atoms with Crippen molar-refractivity contribution < 1.29 is 4.79 Å². The Hall–Kier alpha value is -2.40. The number of thioether (sulfide) groups is 1. The number of amides is 1. The number of rotatable bonds is 3. The molecular weight excluding hydrogens is 294 g/mol. The molecule has 0 N–H and O–H groups in total. The van der Waals surface area contributed by atoms with Gasteiger partial charge in [-0.1, -0.05) is 42.1 Å². The van der Waals surface area contributed by atoms with Gasteiger partial charge in [-0.3, -0.25) is 9.69 Å². The number of hydrogen-bond donors (Lipinski definition) is 0. The summed E-state index contributed by atoms with van der Waals surface area (Å²) < 4.78 is 0. The number of nitrogens with zero attached hydrogens (tertiary/aromatic N) is 3. The van der Waals surface area contributed by atoms with Crippen molar-refractivity contribution in [2.24, 2.45) is 4.99 Å². The van der Waals surface area contributed by atoms with Crippen LogP contribution < -0.4 is 0 Å². The van der Waals surface area contributed by atoms with Crippen LogP contribution in [-0.4, -0.2) is 33.8 Å². The van der Waals surface area contributed by atoms with Gasteiger partial charge >= 0.3 is 0 Å². The predicted molar refractivity (Wildman–Crippen MR) is 92.6 cm³/mol. The molecule has 2 heterocycles. The summed E-state index contributed by atoms with van der Waals surface area (Å²) in [5.41, 5.74) is 2.04. The number of amidine groups is 1. The molecule has 0 spiro atoms. The van der Waals surface area contributed by atoms with Crippen molar-refractivity contribution in [3.63, 3.8) is 0 Å². The van der Waals surface area contributed by atoms with E-state index in [1.54, 1.807) is 17.1 Å². The summed E-state index contributed by atoms with van der Waals surface area (Å²) in [6, 6.07) is 11.8. The van der Waals surface area contributed by atoms with Gasteiger partial charge in [0.25, 0.3) is 5.91 Å². The summed E-state index contributed by atoms with van der Waals surface area (Å²) in [7, 11) is 0. The fraction of sp³-hybridized carbons (Fsp3) is 0.118. The molecule has 0 unspecified atom stereocenters. The number of benzene rings is 1. The molecule has 3 rings (SSSR count). The second kappa shape index (κ2) is 6.15. The molecule has 2 aromatic rings. The van der Waals surface area contributed by atoms with Crippen molar-refractivity contribution in [3.8, 4) is 0 Å². The number of hydrogen-bond acceptors (Lipinski definition) is 4. The van der Waals surface area contributed by atoms with Crippen LogP contribution in [0, 0.1) is 0 Å². The smallest absolute Gasteiger partial charge is 0.278 e. The van der Waals surface area contributed by atoms with E-state index in [0.29, 0.717) is 17.4 Å². The van der Waals surface area contributed by atoms with Gasteiger partial charge in [-0.05, 0) is 24.5 Å². The summed E-state index contributed by atoms with van der Waals surface area (Å²) in [4.78, 5) is 22.9. The number of aliphatic imine (C=N–C) groups is 1. The Labute approximate surface area is 133 Å². The average molecular weight is 309 g/mol. The summed E-state index contributed by atoms with van der Waals surface area (Å²) in [5.74, 6) is -0.112. The van der Waals surface area contributed by atoms with Crippen LogP contribution in [0.3, 0.4) is 0 Å². The first-order valence-electron chi connectivity index (χ1n) is 6.86. The lowest BCUT2D eigenvalue weighted by Gasteiger charge is -2.13. The van der Waals surface area contributed by atoms with Crippen LogP contribution in [0.15, 0.2) is 59.7 Å². The molecule has 0 fully saturated rings. The number of pyridine rings is 1. The van der Waals surface area contributed by atoms with Crippen LogP contribution in [-0.2, 0) is 4.79 Å². The Morgan fingerprint density at radius 1 is 1.27 bits per heavy atom. The highest BCUT2D eigenvalue weighted by molar-refractivity contribution is 8.13. The standard InChI is InChI=1S/C17H15N3OS/c1-3-10-20-16(21)15(19-17(20)22-2)11-13-9-8-12-6-4-5-7-14(12)18-13/h3-9,11H,1,10H2,2H3/b15-11-. The molecule has 110 valence electrons. The SMILES string of the molecule is C=CCN1C(=O)/C(=C/c2ccc3ccccc3n2)N=C1SC. The van der Waals surface area contributed by atoms with E-state index >= 15 is 0 Å². The molecule has 0 atom stereocenters. The molecule has 0 saturated carbocycles. The van der Waals surface area contributed by atoms with Crippen LogP contribution in [0.5, 0.6) is 0 Å². The number of carbonyl (C=O) groups excluding carboxylic acids is 1. The zero-order valence-electron chi connectivity index (χ0n) is 12.2. The van der Waals surface area contributed by atoms with Gasteiger partial charge in [0.15, 0.2) is 5.17 Å². The van der Waals surface area contributed by atoms with Crippen molar-refractivity contribution in [3.05, 3.63) is 60.4 Å². The van der Waals surface area contributed by atoms with E-state index in [1.807, 2.05) is 42.7 Å². The van der Waals surface area contributed by atoms with Crippen molar-refractivity contribution in [1.82, 2.24) is 9.88 Å². The lowest BCUT2D eigenvalue weighted by Crippen LogP contribution is -2.30. The second-order valence-corrected chi connectivity index (χ2v) is 5.53. The fourth-order valence-electron chi connectivity index (χ4n) is 2.28. The van der Waals surface area contributed by atoms with E-state index in [-0.39, 0.29) is 5.91 Å². The van der Waals surface area contributed by atoms with Crippen molar-refractivity contribution in [2.45, 2.75) is 0 Å². The maximum absolute atomic E-state index is 12.4. The molecule has 1 aromatic heterocycles. The Bertz CT molecular complexity index is 810. The zero-order valence-corrected chi connectivity index (χ0v) is 13.0. The summed E-state index contributed by atoms with van der Waals surface area (Å²) in [6.45, 7) is 4.14. The summed E-state index contributed by atoms with van der Waals surface area (Å²) >= 11 is 1.45. The molecule has 0 radical (unpaired) electrons. The Kier molecular flexibility index (Phi) is 4.06. The molecule has 4 nitrogen and oxygen atoms in total. The van der Waals surface area contributed by atoms with Crippen LogP contribution >= 0.6 is 11.8 Å². The highest BCUT2D eigenvalue weighted by atomic mass is 32.2. The Morgan fingerprint density at radius 3 is 2.86 bits per heavy atom. The molecule has 1 amide bonds. The van der Waals surface area contributed by atoms with Gasteiger partial charge in [-0.2, -0.15) is 0 Å². The average Bonchev–Trinajstić information content (AvgIpc) is 2.84. The topological polar surface area (TPSA) is 45.6 Å². The normalized spacial score (nSPS) is 16.4. The van der Waals surface area contributed by atoms with Gasteiger partial charge in [0.1, 0.15) is 5.70 Å². The van der Waals surface area contributed by atoms with E-state index < -0.39 is 0 Å². The molecule has 1 aliphatic heterocycles. The minimum Gasteiger partial charge on any atom is -0.282 e. The zero-order chi connectivity index (χ0) is 15.5. The quantitative estimate of drug-likeness (QED) is 0.645. The van der Waals surface area contributed by atoms with Gasteiger partial charge in [0.05, 0.1) is 11.2 Å². The van der Waals surface area contributed by atoms with Gasteiger partial charge < -0.3 is 0 Å². The van der Waals surface area contributed by atoms with Gasteiger partial charge in [0, 0.05) is 11.9 Å². The Balaban J connectivity index is 1.98. The molecule has 0 saturated heterocycles. The van der Waals surface area contributed by atoms with Gasteiger partial charge in [0.2, 0.25) is 0 Å². The van der Waals surface area contributed by atoms with Crippen molar-refractivity contribution in [2.75, 3.05) is 12.8 Å². The van der Waals surface area contributed by atoms with Crippen LogP contribution in [0.2, 0.25) is 0 Å². The minimum atomic E-state index is -0.112. The maximum Gasteiger partial charge on any atom is 0.278 e. The number of fused-ring (bicyclic) bond motifs is 1. The first kappa shape index (κ1) is 14.5. The van der Waals surface area contributed by atoms with Crippen LogP contribution in [0.25, 0.3) is 17.0 Å². The highest BCUT2D eigenvalue weighted by Crippen LogP contribution is 2.22. The van der Waals surface area contributed by atoms with Gasteiger partial charge in [-0.25, -0.2) is 9.98 Å². The third-order valence-electron chi connectivity index (χ3n) is 3.31. The van der Waals surface area contributed by atoms with Gasteiger partial charge in [-0.15, -0.1) is 6.58 Å². The largest absolute Gasteiger partial charge is 0.282 e. The summed E-state index contributed by atoms with van der Waals surface area (Å²) in [6.07, 6.45) is 5.33. The van der Waals surface area contributed by atoms with Crippen LogP contribution in [0.4, 0.5) is 0 Å². The summed E-state index contributed by atoms with van der Waals surface area (Å²) in [5, 5.41) is 1.76. The maximum atomic E-state index is 12.4. The second-order valence-electron chi connectivity index (χ2n) is 4.76. The van der Waals surface area contributed by atoms with E-state index in [2.05, 4.69) is 16.6 Å². The van der Waals surface area contributed by atoms with E-state index in [0.717, 1.165) is 16.6 Å².